The van der Waals surface area contributed by atoms with Crippen LogP contribution in [0.4, 0.5) is 5.69 Å². The lowest BCUT2D eigenvalue weighted by atomic mass is 9.76. The van der Waals surface area contributed by atoms with Crippen molar-refractivity contribution in [2.75, 3.05) is 24.5 Å². The molecule has 0 saturated carbocycles. The summed E-state index contributed by atoms with van der Waals surface area (Å²) in [6.07, 6.45) is 1.29. The Morgan fingerprint density at radius 3 is 2.53 bits per heavy atom. The van der Waals surface area contributed by atoms with Crippen molar-refractivity contribution in [2.45, 2.75) is 58.4 Å². The van der Waals surface area contributed by atoms with E-state index < -0.39 is 10.0 Å². The minimum absolute atomic E-state index is 0.0621. The maximum absolute atomic E-state index is 13.7. The molecule has 1 aliphatic heterocycles. The second kappa shape index (κ2) is 7.95. The lowest BCUT2D eigenvalue weighted by molar-refractivity contribution is 0.0913. The van der Waals surface area contributed by atoms with Crippen molar-refractivity contribution in [2.24, 2.45) is 5.41 Å². The van der Waals surface area contributed by atoms with Crippen molar-refractivity contribution >= 4 is 32.4 Å². The largest absolute Gasteiger partial charge is 0.366 e. The molecule has 2 heterocycles. The fraction of sp³-hybridized carbons (Fsp3) is 0.444. The van der Waals surface area contributed by atoms with Gasteiger partial charge in [-0.15, -0.1) is 0 Å². The molecular formula is C27H33N3O3S. The van der Waals surface area contributed by atoms with Crippen LogP contribution in [0.2, 0.25) is 0 Å². The first kappa shape index (κ1) is 23.1. The molecule has 180 valence electrons. The molecule has 0 radical (unpaired) electrons. The Bertz CT molecular complexity index is 1400. The SMILES string of the molecule is Cc1cccc(N2CCN(S(=O)(=O)c3cc4[nH]c5c(c4cc3C)C(=O)CC(C)(C)C5)C[C@H]2C)c1. The third kappa shape index (κ3) is 3.85. The Balaban J connectivity index is 1.46. The number of aromatic nitrogens is 1. The third-order valence-corrected chi connectivity index (χ3v) is 9.29. The number of anilines is 1. The van der Waals surface area contributed by atoms with Gasteiger partial charge in [0.2, 0.25) is 10.0 Å². The summed E-state index contributed by atoms with van der Waals surface area (Å²) in [6, 6.07) is 12.0. The monoisotopic (exact) mass is 479 g/mol. The van der Waals surface area contributed by atoms with Gasteiger partial charge in [-0.05, 0) is 68.0 Å². The second-order valence-electron chi connectivity index (χ2n) is 10.8. The van der Waals surface area contributed by atoms with Gasteiger partial charge in [-0.2, -0.15) is 4.31 Å². The zero-order valence-electron chi connectivity index (χ0n) is 20.6. The molecule has 1 N–H and O–H groups in total. The van der Waals surface area contributed by atoms with Crippen LogP contribution >= 0.6 is 0 Å². The quantitative estimate of drug-likeness (QED) is 0.583. The molecule has 1 atom stereocenters. The summed E-state index contributed by atoms with van der Waals surface area (Å²) < 4.78 is 29.1. The van der Waals surface area contributed by atoms with E-state index in [9.17, 15) is 13.2 Å². The molecule has 0 unspecified atom stereocenters. The molecule has 1 fully saturated rings. The van der Waals surface area contributed by atoms with Gasteiger partial charge in [-0.3, -0.25) is 4.79 Å². The van der Waals surface area contributed by atoms with Crippen LogP contribution in [0.5, 0.6) is 0 Å². The van der Waals surface area contributed by atoms with Crippen LogP contribution in [-0.4, -0.2) is 49.2 Å². The number of ketones is 1. The number of hydrogen-bond acceptors (Lipinski definition) is 4. The van der Waals surface area contributed by atoms with Crippen LogP contribution in [0.1, 0.15) is 54.4 Å². The van der Waals surface area contributed by atoms with E-state index in [0.717, 1.165) is 34.3 Å². The number of hydrogen-bond donors (Lipinski definition) is 1. The van der Waals surface area contributed by atoms with E-state index in [4.69, 9.17) is 0 Å². The zero-order valence-corrected chi connectivity index (χ0v) is 21.4. The second-order valence-corrected chi connectivity index (χ2v) is 12.7. The van der Waals surface area contributed by atoms with Crippen molar-refractivity contribution in [3.05, 3.63) is 58.8 Å². The van der Waals surface area contributed by atoms with Gasteiger partial charge in [0.05, 0.1) is 4.90 Å². The number of nitrogens with one attached hydrogen (secondary N) is 1. The van der Waals surface area contributed by atoms with E-state index in [2.05, 4.69) is 55.8 Å². The number of H-pyrrole nitrogens is 1. The molecule has 0 bridgehead atoms. The number of benzene rings is 2. The van der Waals surface area contributed by atoms with Gasteiger partial charge in [0.1, 0.15) is 0 Å². The number of piperazine rings is 1. The van der Waals surface area contributed by atoms with Crippen molar-refractivity contribution in [1.29, 1.82) is 0 Å². The van der Waals surface area contributed by atoms with E-state index in [1.54, 1.807) is 10.4 Å². The third-order valence-electron chi connectivity index (χ3n) is 7.29. The number of aryl methyl sites for hydroxylation is 2. The fourth-order valence-electron chi connectivity index (χ4n) is 5.65. The highest BCUT2D eigenvalue weighted by atomic mass is 32.2. The number of Topliss-reactive ketones (excluding diaryl/α,β-unsaturated/α-hetero) is 1. The molecule has 1 saturated heterocycles. The topological polar surface area (TPSA) is 73.5 Å². The molecule has 1 aliphatic carbocycles. The highest BCUT2D eigenvalue weighted by Gasteiger charge is 2.36. The van der Waals surface area contributed by atoms with Gasteiger partial charge >= 0.3 is 0 Å². The van der Waals surface area contributed by atoms with Crippen molar-refractivity contribution in [3.63, 3.8) is 0 Å². The minimum atomic E-state index is -3.67. The molecule has 6 nitrogen and oxygen atoms in total. The first-order chi connectivity index (χ1) is 16.0. The first-order valence-electron chi connectivity index (χ1n) is 12.0. The predicted octanol–water partition coefficient (Wildman–Crippen LogP) is 4.84. The summed E-state index contributed by atoms with van der Waals surface area (Å²) in [6.45, 7) is 11.7. The lowest BCUT2D eigenvalue weighted by Gasteiger charge is -2.40. The number of carbonyl (C=O) groups excluding carboxylic acids is 1. The average Bonchev–Trinajstić information content (AvgIpc) is 3.08. The van der Waals surface area contributed by atoms with Gasteiger partial charge in [0.15, 0.2) is 5.78 Å². The van der Waals surface area contributed by atoms with Crippen LogP contribution in [0.25, 0.3) is 10.9 Å². The van der Waals surface area contributed by atoms with Crippen molar-refractivity contribution in [1.82, 2.24) is 9.29 Å². The Morgan fingerprint density at radius 2 is 1.82 bits per heavy atom. The summed E-state index contributed by atoms with van der Waals surface area (Å²) in [4.78, 5) is 18.8. The number of fused-ring (bicyclic) bond motifs is 3. The van der Waals surface area contributed by atoms with E-state index >= 15 is 0 Å². The highest BCUT2D eigenvalue weighted by molar-refractivity contribution is 7.89. The van der Waals surface area contributed by atoms with Crippen LogP contribution < -0.4 is 4.90 Å². The number of aromatic amines is 1. The maximum atomic E-state index is 13.7. The van der Waals surface area contributed by atoms with Gasteiger partial charge in [0.25, 0.3) is 0 Å². The van der Waals surface area contributed by atoms with Gasteiger partial charge in [0, 0.05) is 59.9 Å². The molecule has 7 heteroatoms. The van der Waals surface area contributed by atoms with Crippen molar-refractivity contribution in [3.8, 4) is 0 Å². The normalized spacial score (nSPS) is 21.1. The van der Waals surface area contributed by atoms with Crippen LogP contribution in [0.15, 0.2) is 41.3 Å². The summed E-state index contributed by atoms with van der Waals surface area (Å²) in [7, 11) is -3.67. The molecule has 3 aromatic rings. The summed E-state index contributed by atoms with van der Waals surface area (Å²) in [5.74, 6) is 0.133. The Morgan fingerprint density at radius 1 is 1.06 bits per heavy atom. The molecule has 0 amide bonds. The van der Waals surface area contributed by atoms with E-state index in [1.165, 1.54) is 5.56 Å². The molecular weight excluding hydrogens is 446 g/mol. The molecule has 5 rings (SSSR count). The average molecular weight is 480 g/mol. The van der Waals surface area contributed by atoms with Crippen LogP contribution in [0, 0.1) is 19.3 Å². The summed E-state index contributed by atoms with van der Waals surface area (Å²) in [5.41, 5.74) is 5.30. The number of carbonyl (C=O) groups is 1. The Hall–Kier alpha value is -2.64. The van der Waals surface area contributed by atoms with E-state index in [1.807, 2.05) is 19.1 Å². The fourth-order valence-corrected chi connectivity index (χ4v) is 7.40. The smallest absolute Gasteiger partial charge is 0.243 e. The molecule has 0 spiro atoms. The van der Waals surface area contributed by atoms with Crippen LogP contribution in [0.3, 0.4) is 0 Å². The Labute approximate surface area is 202 Å². The number of nitrogens with zero attached hydrogens (tertiary/aromatic N) is 2. The van der Waals surface area contributed by atoms with Crippen molar-refractivity contribution < 1.29 is 13.2 Å². The number of sulfonamides is 1. The summed E-state index contributed by atoms with van der Waals surface area (Å²) >= 11 is 0. The van der Waals surface area contributed by atoms with E-state index in [-0.39, 0.29) is 17.2 Å². The molecule has 2 aromatic carbocycles. The Kier molecular flexibility index (Phi) is 5.41. The van der Waals surface area contributed by atoms with Gasteiger partial charge in [-0.25, -0.2) is 8.42 Å². The molecule has 2 aliphatic rings. The zero-order chi connectivity index (χ0) is 24.4. The maximum Gasteiger partial charge on any atom is 0.243 e. The minimum Gasteiger partial charge on any atom is -0.366 e. The lowest BCUT2D eigenvalue weighted by Crippen LogP contribution is -2.53. The predicted molar refractivity (Wildman–Crippen MR) is 136 cm³/mol. The van der Waals surface area contributed by atoms with Gasteiger partial charge in [-0.1, -0.05) is 26.0 Å². The number of rotatable bonds is 3. The molecule has 34 heavy (non-hydrogen) atoms. The van der Waals surface area contributed by atoms with Gasteiger partial charge < -0.3 is 9.88 Å². The standard InChI is InChI=1S/C27H33N3O3S/c1-17-7-6-8-20(11-17)30-10-9-29(16-19(30)3)34(32,33)25-13-22-21(12-18(25)2)26-23(28-22)14-27(4,5)15-24(26)31/h6-8,11-13,19,28H,9-10,14-16H2,1-5H3/t19-/m1/s1. The molecule has 1 aromatic heterocycles. The first-order valence-corrected chi connectivity index (χ1v) is 13.4. The highest BCUT2D eigenvalue weighted by Crippen LogP contribution is 2.39. The van der Waals surface area contributed by atoms with Crippen LogP contribution in [-0.2, 0) is 16.4 Å². The van der Waals surface area contributed by atoms with E-state index in [0.29, 0.717) is 36.5 Å². The summed E-state index contributed by atoms with van der Waals surface area (Å²) in [5, 5.41) is 0.838.